The van der Waals surface area contributed by atoms with Crippen molar-refractivity contribution in [3.8, 4) is 5.75 Å². The fourth-order valence-electron chi connectivity index (χ4n) is 2.22. The van der Waals surface area contributed by atoms with Crippen LogP contribution in [0.15, 0.2) is 48.5 Å². The van der Waals surface area contributed by atoms with Crippen molar-refractivity contribution in [2.24, 2.45) is 5.92 Å². The van der Waals surface area contributed by atoms with Gasteiger partial charge in [-0.15, -0.1) is 25.3 Å². The highest BCUT2D eigenvalue weighted by Gasteiger charge is 2.11. The Balaban J connectivity index is 2.35. The first-order valence-corrected chi connectivity index (χ1v) is 8.80. The van der Waals surface area contributed by atoms with E-state index in [1.54, 1.807) is 0 Å². The maximum absolute atomic E-state index is 5.99. The summed E-state index contributed by atoms with van der Waals surface area (Å²) < 4.78 is 5.99. The van der Waals surface area contributed by atoms with Crippen molar-refractivity contribution < 1.29 is 4.74 Å². The van der Waals surface area contributed by atoms with E-state index in [1.807, 2.05) is 36.4 Å². The van der Waals surface area contributed by atoms with E-state index in [0.29, 0.717) is 12.5 Å². The first-order chi connectivity index (χ1) is 11.0. The van der Waals surface area contributed by atoms with Crippen molar-refractivity contribution in [2.45, 2.75) is 27.2 Å². The highest BCUT2D eigenvalue weighted by molar-refractivity contribution is 7.96. The molecule has 0 aromatic heterocycles. The predicted molar refractivity (Wildman–Crippen MR) is 107 cm³/mol. The fourth-order valence-corrected chi connectivity index (χ4v) is 2.79. The Hall–Kier alpha value is -1.32. The Bertz CT molecular complexity index is 675. The Labute approximate surface area is 150 Å². The van der Waals surface area contributed by atoms with E-state index < -0.39 is 0 Å². The fraction of sp³-hybridized carbons (Fsp3) is 0.300. The van der Waals surface area contributed by atoms with Crippen LogP contribution < -0.4 is 4.74 Å². The molecule has 0 saturated carbocycles. The molecule has 2 aromatic rings. The molecule has 0 aliphatic heterocycles. The maximum atomic E-state index is 5.99. The van der Waals surface area contributed by atoms with Gasteiger partial charge in [0.1, 0.15) is 5.75 Å². The van der Waals surface area contributed by atoms with Crippen LogP contribution in [0.3, 0.4) is 0 Å². The van der Waals surface area contributed by atoms with Crippen LogP contribution in [-0.2, 0) is 0 Å². The van der Waals surface area contributed by atoms with Crippen LogP contribution in [0.25, 0.3) is 9.81 Å². The molecule has 1 nitrogen and oxygen atoms in total. The lowest BCUT2D eigenvalue weighted by Gasteiger charge is -2.15. The number of hydrogen-bond donors (Lipinski definition) is 2. The SMILES string of the molecule is Cc1ccc(OCCC(C)C)c(C(S)=C(S)c2ccccc2)c1. The van der Waals surface area contributed by atoms with E-state index in [1.165, 1.54) is 5.56 Å². The molecule has 23 heavy (non-hydrogen) atoms. The summed E-state index contributed by atoms with van der Waals surface area (Å²) >= 11 is 9.41. The van der Waals surface area contributed by atoms with E-state index >= 15 is 0 Å². The van der Waals surface area contributed by atoms with Gasteiger partial charge in [0.2, 0.25) is 0 Å². The first-order valence-electron chi connectivity index (χ1n) is 7.90. The summed E-state index contributed by atoms with van der Waals surface area (Å²) in [4.78, 5) is 1.69. The van der Waals surface area contributed by atoms with Gasteiger partial charge in [0.05, 0.1) is 6.61 Å². The second-order valence-electron chi connectivity index (χ2n) is 6.09. The van der Waals surface area contributed by atoms with Gasteiger partial charge in [-0.25, -0.2) is 0 Å². The van der Waals surface area contributed by atoms with Crippen LogP contribution in [0.5, 0.6) is 5.75 Å². The van der Waals surface area contributed by atoms with Gasteiger partial charge in [0, 0.05) is 15.4 Å². The smallest absolute Gasteiger partial charge is 0.127 e. The average Bonchev–Trinajstić information content (AvgIpc) is 2.55. The van der Waals surface area contributed by atoms with E-state index in [2.05, 4.69) is 45.5 Å². The molecule has 0 saturated heterocycles. The summed E-state index contributed by atoms with van der Waals surface area (Å²) in [5.41, 5.74) is 3.22. The molecule has 0 amide bonds. The van der Waals surface area contributed by atoms with Crippen molar-refractivity contribution >= 4 is 35.1 Å². The normalized spacial score (nSPS) is 12.3. The number of aryl methyl sites for hydroxylation is 1. The number of ether oxygens (including phenoxy) is 1. The first kappa shape index (κ1) is 18.0. The van der Waals surface area contributed by atoms with Crippen molar-refractivity contribution in [1.29, 1.82) is 0 Å². The van der Waals surface area contributed by atoms with Crippen LogP contribution in [0.4, 0.5) is 0 Å². The zero-order valence-corrected chi connectivity index (χ0v) is 15.7. The maximum Gasteiger partial charge on any atom is 0.127 e. The molecule has 0 spiro atoms. The van der Waals surface area contributed by atoms with Crippen molar-refractivity contribution in [2.75, 3.05) is 6.61 Å². The van der Waals surface area contributed by atoms with Crippen molar-refractivity contribution in [3.63, 3.8) is 0 Å². The molecule has 0 N–H and O–H groups in total. The molecule has 0 bridgehead atoms. The molecule has 3 heteroatoms. The van der Waals surface area contributed by atoms with Gasteiger partial charge in [-0.2, -0.15) is 0 Å². The van der Waals surface area contributed by atoms with Gasteiger partial charge in [0.15, 0.2) is 0 Å². The second kappa shape index (κ2) is 8.51. The number of benzene rings is 2. The standard InChI is InChI=1S/C20H24OS2/c1-14(2)11-12-21-18-10-9-15(3)13-17(18)20(23)19(22)16-7-5-4-6-8-16/h4-10,13-14,22-23H,11-12H2,1-3H3. The molecule has 0 atom stereocenters. The summed E-state index contributed by atoms with van der Waals surface area (Å²) in [7, 11) is 0. The van der Waals surface area contributed by atoms with Crippen LogP contribution in [0.2, 0.25) is 0 Å². The molecule has 0 heterocycles. The minimum Gasteiger partial charge on any atom is -0.493 e. The van der Waals surface area contributed by atoms with Crippen LogP contribution >= 0.6 is 25.3 Å². The van der Waals surface area contributed by atoms with Crippen LogP contribution in [0.1, 0.15) is 37.0 Å². The minimum absolute atomic E-state index is 0.625. The third kappa shape index (κ3) is 5.08. The van der Waals surface area contributed by atoms with Crippen molar-refractivity contribution in [3.05, 3.63) is 65.2 Å². The Morgan fingerprint density at radius 1 is 1.00 bits per heavy atom. The lowest BCUT2D eigenvalue weighted by atomic mass is 10.1. The van der Waals surface area contributed by atoms with Crippen LogP contribution in [-0.4, -0.2) is 6.61 Å². The molecular formula is C20H24OS2. The quantitative estimate of drug-likeness (QED) is 0.475. The lowest BCUT2D eigenvalue weighted by Crippen LogP contribution is -2.03. The largest absolute Gasteiger partial charge is 0.493 e. The predicted octanol–water partition coefficient (Wildman–Crippen LogP) is 6.11. The van der Waals surface area contributed by atoms with Crippen LogP contribution in [0, 0.1) is 12.8 Å². The van der Waals surface area contributed by atoms with Gasteiger partial charge >= 0.3 is 0 Å². The molecule has 0 aliphatic carbocycles. The molecular weight excluding hydrogens is 320 g/mol. The number of rotatable bonds is 6. The van der Waals surface area contributed by atoms with E-state index in [-0.39, 0.29) is 0 Å². The lowest BCUT2D eigenvalue weighted by molar-refractivity contribution is 0.289. The minimum atomic E-state index is 0.625. The molecule has 0 unspecified atom stereocenters. The zero-order chi connectivity index (χ0) is 16.8. The summed E-state index contributed by atoms with van der Waals surface area (Å²) in [6.45, 7) is 7.18. The summed E-state index contributed by atoms with van der Waals surface area (Å²) in [5, 5.41) is 0. The molecule has 122 valence electrons. The monoisotopic (exact) mass is 344 g/mol. The Morgan fingerprint density at radius 3 is 2.35 bits per heavy atom. The second-order valence-corrected chi connectivity index (χ2v) is 6.99. The zero-order valence-electron chi connectivity index (χ0n) is 13.9. The number of thiol groups is 2. The molecule has 0 radical (unpaired) electrons. The third-order valence-corrected chi connectivity index (χ3v) is 4.74. The van der Waals surface area contributed by atoms with Gasteiger partial charge in [-0.3, -0.25) is 0 Å². The Morgan fingerprint density at radius 2 is 1.70 bits per heavy atom. The molecule has 2 rings (SSSR count). The van der Waals surface area contributed by atoms with Crippen molar-refractivity contribution in [1.82, 2.24) is 0 Å². The van der Waals surface area contributed by atoms with Gasteiger partial charge in [-0.05, 0) is 37.0 Å². The highest BCUT2D eigenvalue weighted by Crippen LogP contribution is 2.37. The van der Waals surface area contributed by atoms with E-state index in [9.17, 15) is 0 Å². The molecule has 2 aromatic carbocycles. The van der Waals surface area contributed by atoms with Gasteiger partial charge in [0.25, 0.3) is 0 Å². The summed E-state index contributed by atoms with van der Waals surface area (Å²) in [6.07, 6.45) is 1.03. The van der Waals surface area contributed by atoms with Gasteiger partial charge < -0.3 is 4.74 Å². The van der Waals surface area contributed by atoms with E-state index in [4.69, 9.17) is 17.4 Å². The topological polar surface area (TPSA) is 9.23 Å². The van der Waals surface area contributed by atoms with Gasteiger partial charge in [-0.1, -0.05) is 55.8 Å². The Kier molecular flexibility index (Phi) is 6.67. The molecule has 0 fully saturated rings. The number of hydrogen-bond acceptors (Lipinski definition) is 3. The molecule has 0 aliphatic rings. The third-order valence-electron chi connectivity index (χ3n) is 3.61. The van der Waals surface area contributed by atoms with E-state index in [0.717, 1.165) is 33.1 Å². The average molecular weight is 345 g/mol. The summed E-state index contributed by atoms with van der Waals surface area (Å²) in [5.74, 6) is 1.49. The summed E-state index contributed by atoms with van der Waals surface area (Å²) in [6, 6.07) is 16.3. The highest BCUT2D eigenvalue weighted by atomic mass is 32.1.